The highest BCUT2D eigenvalue weighted by atomic mass is 79.9. The van der Waals surface area contributed by atoms with Gasteiger partial charge >= 0.3 is 7.44 Å². The number of fused-ring (bicyclic) bond motifs is 1. The fourth-order valence-corrected chi connectivity index (χ4v) is 7.40. The summed E-state index contributed by atoms with van der Waals surface area (Å²) in [5.74, 6) is 0. The monoisotopic (exact) mass is 474 g/mol. The number of allylic oxidation sites excluding steroid dienone is 5. The zero-order chi connectivity index (χ0) is 20.6. The molecule has 1 atom stereocenters. The SMILES string of the molecule is O=P1(c2ccccc2)N(C2=CC=CC=CC2)c2ccc(Br)cc2N1c1ccccc1. The van der Waals surface area contributed by atoms with E-state index in [2.05, 4.69) is 44.9 Å². The second kappa shape index (κ2) is 7.79. The molecule has 2 aliphatic rings. The lowest BCUT2D eigenvalue weighted by Gasteiger charge is -2.34. The van der Waals surface area contributed by atoms with Crippen LogP contribution in [0.25, 0.3) is 0 Å². The maximum Gasteiger partial charge on any atom is 0.301 e. The van der Waals surface area contributed by atoms with Crippen molar-refractivity contribution in [2.75, 3.05) is 9.34 Å². The van der Waals surface area contributed by atoms with Crippen molar-refractivity contribution in [2.45, 2.75) is 6.42 Å². The molecule has 3 aromatic rings. The van der Waals surface area contributed by atoms with Gasteiger partial charge in [0.1, 0.15) is 0 Å². The summed E-state index contributed by atoms with van der Waals surface area (Å²) in [5, 5.41) is 0.805. The molecule has 0 fully saturated rings. The Kier molecular flexibility index (Phi) is 4.98. The van der Waals surface area contributed by atoms with Gasteiger partial charge in [-0.1, -0.05) is 76.6 Å². The van der Waals surface area contributed by atoms with Crippen molar-refractivity contribution < 1.29 is 4.57 Å². The van der Waals surface area contributed by atoms with Crippen molar-refractivity contribution in [2.24, 2.45) is 0 Å². The van der Waals surface area contributed by atoms with E-state index >= 15 is 4.57 Å². The summed E-state index contributed by atoms with van der Waals surface area (Å²) in [6, 6.07) is 25.9. The third-order valence-electron chi connectivity index (χ3n) is 5.28. The van der Waals surface area contributed by atoms with E-state index in [-0.39, 0.29) is 0 Å². The number of rotatable bonds is 3. The Morgan fingerprint density at radius 1 is 0.767 bits per heavy atom. The standard InChI is InChI=1S/C25H20BrN2OP/c26-20-17-18-24-25(19-20)28(22-13-7-3-8-14-22)30(29,23-15-9-4-10-16-23)27(24)21-11-5-1-2-6-12-21/h1-11,13-19H,12H2. The lowest BCUT2D eigenvalue weighted by Crippen LogP contribution is -2.28. The first-order valence-electron chi connectivity index (χ1n) is 9.83. The zero-order valence-corrected chi connectivity index (χ0v) is 18.7. The molecular formula is C25H20BrN2OP. The topological polar surface area (TPSA) is 23.6 Å². The van der Waals surface area contributed by atoms with Gasteiger partial charge in [-0.2, -0.15) is 0 Å². The van der Waals surface area contributed by atoms with Crippen LogP contribution in [0.3, 0.4) is 0 Å². The third kappa shape index (κ3) is 3.08. The molecular weight excluding hydrogens is 455 g/mol. The molecule has 0 N–H and O–H groups in total. The lowest BCUT2D eigenvalue weighted by atomic mass is 10.2. The van der Waals surface area contributed by atoms with E-state index in [4.69, 9.17) is 0 Å². The first-order valence-corrected chi connectivity index (χ1v) is 12.2. The molecule has 1 aliphatic carbocycles. The van der Waals surface area contributed by atoms with Crippen molar-refractivity contribution in [3.63, 3.8) is 0 Å². The van der Waals surface area contributed by atoms with Crippen LogP contribution in [0.5, 0.6) is 0 Å². The summed E-state index contributed by atoms with van der Waals surface area (Å²) in [4.78, 5) is 0. The molecule has 0 amide bonds. The van der Waals surface area contributed by atoms with Crippen LogP contribution in [0.1, 0.15) is 6.42 Å². The second-order valence-electron chi connectivity index (χ2n) is 7.15. The van der Waals surface area contributed by atoms with Crippen molar-refractivity contribution in [1.29, 1.82) is 0 Å². The third-order valence-corrected chi connectivity index (χ3v) is 8.74. The Bertz CT molecular complexity index is 1220. The largest absolute Gasteiger partial charge is 0.301 e. The summed E-state index contributed by atoms with van der Waals surface area (Å²) >= 11 is 3.62. The van der Waals surface area contributed by atoms with E-state index in [0.717, 1.165) is 32.5 Å². The fourth-order valence-electron chi connectivity index (χ4n) is 4.00. The molecule has 0 radical (unpaired) electrons. The number of para-hydroxylation sites is 1. The summed E-state index contributed by atoms with van der Waals surface area (Å²) in [6.07, 6.45) is 10.9. The van der Waals surface area contributed by atoms with E-state index < -0.39 is 7.44 Å². The minimum absolute atomic E-state index is 0.710. The summed E-state index contributed by atoms with van der Waals surface area (Å²) in [6.45, 7) is 0. The van der Waals surface area contributed by atoms with Gasteiger partial charge in [0.15, 0.2) is 0 Å². The number of nitrogens with zero attached hydrogens (tertiary/aromatic N) is 2. The predicted molar refractivity (Wildman–Crippen MR) is 130 cm³/mol. The summed E-state index contributed by atoms with van der Waals surface area (Å²) in [7, 11) is -3.24. The normalized spacial score (nSPS) is 20.1. The van der Waals surface area contributed by atoms with Crippen molar-refractivity contribution in [3.05, 3.63) is 119 Å². The smallest absolute Gasteiger partial charge is 0.273 e. The summed E-state index contributed by atoms with van der Waals surface area (Å²) < 4.78 is 20.2. The zero-order valence-electron chi connectivity index (χ0n) is 16.2. The molecule has 1 heterocycles. The second-order valence-corrected chi connectivity index (χ2v) is 10.5. The number of hydrogen-bond acceptors (Lipinski definition) is 1. The molecule has 0 spiro atoms. The average Bonchev–Trinajstić information content (AvgIpc) is 2.92. The molecule has 1 aliphatic heterocycles. The van der Waals surface area contributed by atoms with Crippen LogP contribution in [0.15, 0.2) is 119 Å². The Balaban J connectivity index is 1.83. The number of halogens is 1. The molecule has 30 heavy (non-hydrogen) atoms. The number of hydrogen-bond donors (Lipinski definition) is 0. The molecule has 0 saturated carbocycles. The van der Waals surface area contributed by atoms with Gasteiger partial charge in [0.2, 0.25) is 0 Å². The van der Waals surface area contributed by atoms with E-state index in [0.29, 0.717) is 6.42 Å². The molecule has 0 saturated heterocycles. The van der Waals surface area contributed by atoms with Gasteiger partial charge in [0.05, 0.1) is 16.7 Å². The molecule has 3 nitrogen and oxygen atoms in total. The quantitative estimate of drug-likeness (QED) is 0.371. The van der Waals surface area contributed by atoms with Crippen molar-refractivity contribution in [3.8, 4) is 0 Å². The minimum atomic E-state index is -3.24. The van der Waals surface area contributed by atoms with Gasteiger partial charge in [-0.05, 0) is 48.5 Å². The van der Waals surface area contributed by atoms with E-state index in [1.165, 1.54) is 0 Å². The Hall–Kier alpha value is -2.81. The van der Waals surface area contributed by atoms with E-state index in [1.54, 1.807) is 0 Å². The molecule has 0 aromatic heterocycles. The molecule has 1 unspecified atom stereocenters. The van der Waals surface area contributed by atoms with Crippen molar-refractivity contribution >= 4 is 45.7 Å². The van der Waals surface area contributed by atoms with Crippen LogP contribution >= 0.6 is 23.4 Å². The van der Waals surface area contributed by atoms with Gasteiger partial charge in [0, 0.05) is 22.3 Å². The molecule has 3 aromatic carbocycles. The van der Waals surface area contributed by atoms with E-state index in [1.807, 2.05) is 89.6 Å². The highest BCUT2D eigenvalue weighted by Gasteiger charge is 2.49. The summed E-state index contributed by atoms with van der Waals surface area (Å²) in [5.41, 5.74) is 3.80. The van der Waals surface area contributed by atoms with Crippen LogP contribution in [0.4, 0.5) is 17.1 Å². The predicted octanol–water partition coefficient (Wildman–Crippen LogP) is 7.33. The van der Waals surface area contributed by atoms with Crippen LogP contribution in [0, 0.1) is 0 Å². The van der Waals surface area contributed by atoms with Gasteiger partial charge in [-0.3, -0.25) is 13.9 Å². The van der Waals surface area contributed by atoms with Crippen LogP contribution < -0.4 is 14.6 Å². The maximum absolute atomic E-state index is 15.2. The Morgan fingerprint density at radius 2 is 1.50 bits per heavy atom. The van der Waals surface area contributed by atoms with Crippen LogP contribution in [0.2, 0.25) is 0 Å². The first kappa shape index (κ1) is 19.2. The first-order chi connectivity index (χ1) is 14.7. The van der Waals surface area contributed by atoms with Crippen molar-refractivity contribution in [1.82, 2.24) is 0 Å². The highest BCUT2D eigenvalue weighted by molar-refractivity contribution is 9.10. The van der Waals surface area contributed by atoms with Crippen LogP contribution in [-0.2, 0) is 4.57 Å². The lowest BCUT2D eigenvalue weighted by molar-refractivity contribution is 0.581. The number of anilines is 3. The molecule has 0 bridgehead atoms. The Morgan fingerprint density at radius 3 is 2.27 bits per heavy atom. The van der Waals surface area contributed by atoms with E-state index in [9.17, 15) is 0 Å². The van der Waals surface area contributed by atoms with Gasteiger partial charge in [-0.25, -0.2) is 0 Å². The van der Waals surface area contributed by atoms with Gasteiger partial charge in [0.25, 0.3) is 0 Å². The van der Waals surface area contributed by atoms with Crippen LogP contribution in [-0.4, -0.2) is 0 Å². The molecule has 148 valence electrons. The van der Waals surface area contributed by atoms with Gasteiger partial charge < -0.3 is 0 Å². The maximum atomic E-state index is 15.2. The average molecular weight is 475 g/mol. The number of benzene rings is 3. The highest BCUT2D eigenvalue weighted by Crippen LogP contribution is 2.69. The van der Waals surface area contributed by atoms with Gasteiger partial charge in [-0.15, -0.1) is 0 Å². The minimum Gasteiger partial charge on any atom is -0.273 e. The molecule has 5 heteroatoms. The molecule has 5 rings (SSSR count). The fraction of sp³-hybridized carbons (Fsp3) is 0.0400. The Labute approximate surface area is 185 Å².